The lowest BCUT2D eigenvalue weighted by Gasteiger charge is -2.13. The molecular weight excluding hydrogens is 176 g/mol. The number of hydrogen-bond acceptors (Lipinski definition) is 2. The number of methoxy groups -OCH3 is 1. The normalized spacial score (nSPS) is 19.7. The molecule has 2 nitrogen and oxygen atoms in total. The van der Waals surface area contributed by atoms with Crippen molar-refractivity contribution in [1.29, 1.82) is 0 Å². The zero-order valence-electron chi connectivity index (χ0n) is 9.21. The zero-order chi connectivity index (χ0) is 10.4. The van der Waals surface area contributed by atoms with Crippen LogP contribution in [0.2, 0.25) is 0 Å². The molecular formula is C12H20O2. The highest BCUT2D eigenvalue weighted by Gasteiger charge is 2.20. The van der Waals surface area contributed by atoms with Crippen LogP contribution < -0.4 is 0 Å². The van der Waals surface area contributed by atoms with Gasteiger partial charge in [-0.1, -0.05) is 19.4 Å². The van der Waals surface area contributed by atoms with Gasteiger partial charge in [0.15, 0.2) is 5.78 Å². The van der Waals surface area contributed by atoms with Crippen LogP contribution in [0.15, 0.2) is 11.6 Å². The van der Waals surface area contributed by atoms with Crippen LogP contribution in [0.4, 0.5) is 0 Å². The highest BCUT2D eigenvalue weighted by molar-refractivity contribution is 5.98. The number of rotatable bonds is 4. The van der Waals surface area contributed by atoms with E-state index in [1.807, 2.05) is 6.92 Å². The maximum Gasteiger partial charge on any atom is 0.187 e. The molecule has 80 valence electrons. The molecule has 1 atom stereocenters. The third kappa shape index (κ3) is 2.95. The van der Waals surface area contributed by atoms with Gasteiger partial charge in [-0.3, -0.25) is 4.79 Å². The molecule has 1 unspecified atom stereocenters. The second-order valence-corrected chi connectivity index (χ2v) is 3.83. The molecule has 0 saturated carbocycles. The van der Waals surface area contributed by atoms with Crippen LogP contribution in [-0.2, 0) is 9.53 Å². The molecule has 0 N–H and O–H groups in total. The Morgan fingerprint density at radius 1 is 1.50 bits per heavy atom. The largest absolute Gasteiger partial charge is 0.373 e. The number of hydrogen-bond donors (Lipinski definition) is 0. The van der Waals surface area contributed by atoms with Crippen LogP contribution in [0.5, 0.6) is 0 Å². The first-order valence-electron chi connectivity index (χ1n) is 5.55. The molecule has 0 amide bonds. The summed E-state index contributed by atoms with van der Waals surface area (Å²) in [6.07, 6.45) is 8.28. The molecule has 0 radical (unpaired) electrons. The van der Waals surface area contributed by atoms with Crippen molar-refractivity contribution in [2.45, 2.75) is 51.6 Å². The molecule has 0 saturated heterocycles. The van der Waals surface area contributed by atoms with E-state index in [0.717, 1.165) is 31.3 Å². The summed E-state index contributed by atoms with van der Waals surface area (Å²) in [6.45, 7) is 1.99. The molecule has 0 spiro atoms. The average molecular weight is 196 g/mol. The Morgan fingerprint density at radius 3 is 2.93 bits per heavy atom. The highest BCUT2D eigenvalue weighted by atomic mass is 16.5. The summed E-state index contributed by atoms with van der Waals surface area (Å²) in [6, 6.07) is 0. The molecule has 0 aromatic rings. The van der Waals surface area contributed by atoms with Gasteiger partial charge in [-0.25, -0.2) is 0 Å². The maximum atomic E-state index is 11.9. The summed E-state index contributed by atoms with van der Waals surface area (Å²) in [5, 5.41) is 0. The topological polar surface area (TPSA) is 26.3 Å². The van der Waals surface area contributed by atoms with Gasteiger partial charge in [-0.05, 0) is 37.7 Å². The van der Waals surface area contributed by atoms with Crippen molar-refractivity contribution in [3.63, 3.8) is 0 Å². The van der Waals surface area contributed by atoms with Gasteiger partial charge in [0.2, 0.25) is 0 Å². The van der Waals surface area contributed by atoms with Gasteiger partial charge < -0.3 is 4.74 Å². The highest BCUT2D eigenvalue weighted by Crippen LogP contribution is 2.20. The molecule has 0 fully saturated rings. The summed E-state index contributed by atoms with van der Waals surface area (Å²) < 4.78 is 5.16. The molecule has 0 aliphatic heterocycles. The second-order valence-electron chi connectivity index (χ2n) is 3.83. The Bertz CT molecular complexity index is 214. The molecule has 0 aromatic carbocycles. The van der Waals surface area contributed by atoms with Crippen LogP contribution in [0.1, 0.15) is 45.4 Å². The van der Waals surface area contributed by atoms with Crippen LogP contribution in [0.25, 0.3) is 0 Å². The van der Waals surface area contributed by atoms with Gasteiger partial charge in [-0.15, -0.1) is 0 Å². The number of carbonyl (C=O) groups is 1. The Hall–Kier alpha value is -0.630. The molecule has 14 heavy (non-hydrogen) atoms. The van der Waals surface area contributed by atoms with Crippen LogP contribution in [-0.4, -0.2) is 19.0 Å². The van der Waals surface area contributed by atoms with Gasteiger partial charge in [0.1, 0.15) is 6.10 Å². The van der Waals surface area contributed by atoms with Crippen LogP contribution >= 0.6 is 0 Å². The van der Waals surface area contributed by atoms with Crippen molar-refractivity contribution in [2.75, 3.05) is 7.11 Å². The van der Waals surface area contributed by atoms with E-state index in [2.05, 4.69) is 6.08 Å². The predicted octanol–water partition coefficient (Wildman–Crippen LogP) is 2.87. The van der Waals surface area contributed by atoms with Crippen molar-refractivity contribution < 1.29 is 9.53 Å². The number of allylic oxidation sites excluding steroid dienone is 1. The summed E-state index contributed by atoms with van der Waals surface area (Å²) in [7, 11) is 1.61. The van der Waals surface area contributed by atoms with Gasteiger partial charge in [0.05, 0.1) is 0 Å². The first-order chi connectivity index (χ1) is 6.79. The van der Waals surface area contributed by atoms with E-state index < -0.39 is 0 Å². The van der Waals surface area contributed by atoms with Crippen molar-refractivity contribution in [3.8, 4) is 0 Å². The fraction of sp³-hybridized carbons (Fsp3) is 0.750. The monoisotopic (exact) mass is 196 g/mol. The van der Waals surface area contributed by atoms with Crippen LogP contribution in [0, 0.1) is 0 Å². The SMILES string of the molecule is CCC(OC)C(=O)C1=CCCCCC1. The molecule has 0 bridgehead atoms. The fourth-order valence-corrected chi connectivity index (χ4v) is 1.90. The summed E-state index contributed by atoms with van der Waals surface area (Å²) >= 11 is 0. The molecule has 1 aliphatic carbocycles. The molecule has 1 aliphatic rings. The van der Waals surface area contributed by atoms with E-state index in [1.165, 1.54) is 12.8 Å². The molecule has 2 heteroatoms. The third-order valence-electron chi connectivity index (χ3n) is 2.81. The summed E-state index contributed by atoms with van der Waals surface area (Å²) in [5.74, 6) is 0.205. The fourth-order valence-electron chi connectivity index (χ4n) is 1.90. The summed E-state index contributed by atoms with van der Waals surface area (Å²) in [5.41, 5.74) is 0.996. The summed E-state index contributed by atoms with van der Waals surface area (Å²) in [4.78, 5) is 11.9. The maximum absolute atomic E-state index is 11.9. The Morgan fingerprint density at radius 2 is 2.29 bits per heavy atom. The number of ketones is 1. The lowest BCUT2D eigenvalue weighted by Crippen LogP contribution is -2.23. The molecule has 0 heterocycles. The Labute approximate surface area is 86.3 Å². The lowest BCUT2D eigenvalue weighted by atomic mass is 10.0. The van der Waals surface area contributed by atoms with Crippen LogP contribution in [0.3, 0.4) is 0 Å². The van der Waals surface area contributed by atoms with E-state index in [1.54, 1.807) is 7.11 Å². The Balaban J connectivity index is 2.61. The lowest BCUT2D eigenvalue weighted by molar-refractivity contribution is -0.125. The van der Waals surface area contributed by atoms with Crippen molar-refractivity contribution >= 4 is 5.78 Å². The smallest absolute Gasteiger partial charge is 0.187 e. The van der Waals surface area contributed by atoms with E-state index in [9.17, 15) is 4.79 Å². The van der Waals surface area contributed by atoms with Crippen molar-refractivity contribution in [1.82, 2.24) is 0 Å². The second kappa shape index (κ2) is 5.97. The quantitative estimate of drug-likeness (QED) is 0.691. The van der Waals surface area contributed by atoms with Gasteiger partial charge in [0.25, 0.3) is 0 Å². The number of Topliss-reactive ketones (excluding diaryl/α,β-unsaturated/α-hetero) is 1. The predicted molar refractivity (Wildman–Crippen MR) is 57.3 cm³/mol. The third-order valence-corrected chi connectivity index (χ3v) is 2.81. The van der Waals surface area contributed by atoms with Gasteiger partial charge in [-0.2, -0.15) is 0 Å². The van der Waals surface area contributed by atoms with Crippen molar-refractivity contribution in [3.05, 3.63) is 11.6 Å². The van der Waals surface area contributed by atoms with E-state index >= 15 is 0 Å². The van der Waals surface area contributed by atoms with Crippen molar-refractivity contribution in [2.24, 2.45) is 0 Å². The average Bonchev–Trinajstić information content (AvgIpc) is 2.47. The van der Waals surface area contributed by atoms with Gasteiger partial charge in [0, 0.05) is 7.11 Å². The first-order valence-corrected chi connectivity index (χ1v) is 5.55. The zero-order valence-corrected chi connectivity index (χ0v) is 9.21. The standard InChI is InChI=1S/C12H20O2/c1-3-11(14-2)12(13)10-8-6-4-5-7-9-10/h8,11H,3-7,9H2,1-2H3. The number of ether oxygens (including phenoxy) is 1. The first kappa shape index (κ1) is 11.4. The Kier molecular flexibility index (Phi) is 4.88. The van der Waals surface area contributed by atoms with E-state index in [-0.39, 0.29) is 11.9 Å². The minimum absolute atomic E-state index is 0.205. The molecule has 1 rings (SSSR count). The molecule has 0 aromatic heterocycles. The van der Waals surface area contributed by atoms with Gasteiger partial charge >= 0.3 is 0 Å². The van der Waals surface area contributed by atoms with E-state index in [0.29, 0.717) is 0 Å². The number of carbonyl (C=O) groups excluding carboxylic acids is 1. The minimum atomic E-state index is -0.223. The van der Waals surface area contributed by atoms with E-state index in [4.69, 9.17) is 4.74 Å². The minimum Gasteiger partial charge on any atom is -0.373 e.